The van der Waals surface area contributed by atoms with E-state index < -0.39 is 0 Å². The maximum absolute atomic E-state index is 5.72. The van der Waals surface area contributed by atoms with Crippen LogP contribution in [0.3, 0.4) is 0 Å². The molecule has 0 amide bonds. The first-order chi connectivity index (χ1) is 10.3. The predicted molar refractivity (Wildman–Crippen MR) is 92.1 cm³/mol. The van der Waals surface area contributed by atoms with E-state index in [0.717, 1.165) is 21.0 Å². The molecule has 0 aliphatic carbocycles. The molecular weight excluding hydrogens is 348 g/mol. The van der Waals surface area contributed by atoms with Crippen molar-refractivity contribution in [2.24, 2.45) is 0 Å². The molecule has 0 aliphatic heterocycles. The van der Waals surface area contributed by atoms with Crippen molar-refractivity contribution < 1.29 is 4.74 Å². The molecule has 1 atom stereocenters. The SMILES string of the molecule is CCOc1ccccc1C(CSc1ncccc1Br)NC. The van der Waals surface area contributed by atoms with Gasteiger partial charge in [0.2, 0.25) is 0 Å². The maximum Gasteiger partial charge on any atom is 0.124 e. The minimum Gasteiger partial charge on any atom is -0.494 e. The van der Waals surface area contributed by atoms with Crippen LogP contribution in [-0.2, 0) is 0 Å². The van der Waals surface area contributed by atoms with E-state index in [1.165, 1.54) is 5.56 Å². The fraction of sp³-hybridized carbons (Fsp3) is 0.312. The van der Waals surface area contributed by atoms with Crippen molar-refractivity contribution >= 4 is 27.7 Å². The van der Waals surface area contributed by atoms with Crippen LogP contribution < -0.4 is 10.1 Å². The fourth-order valence-electron chi connectivity index (χ4n) is 2.02. The first-order valence-corrected chi connectivity index (χ1v) is 8.66. The van der Waals surface area contributed by atoms with Gasteiger partial charge in [0, 0.05) is 28.0 Å². The lowest BCUT2D eigenvalue weighted by Crippen LogP contribution is -2.19. The van der Waals surface area contributed by atoms with E-state index in [4.69, 9.17) is 4.74 Å². The molecule has 0 spiro atoms. The van der Waals surface area contributed by atoms with Gasteiger partial charge in [-0.1, -0.05) is 18.2 Å². The number of nitrogens with one attached hydrogen (secondary N) is 1. The van der Waals surface area contributed by atoms with Crippen molar-refractivity contribution in [1.82, 2.24) is 10.3 Å². The first kappa shape index (κ1) is 16.3. The van der Waals surface area contributed by atoms with Gasteiger partial charge in [0.1, 0.15) is 10.8 Å². The van der Waals surface area contributed by atoms with Gasteiger partial charge in [-0.05, 0) is 48.1 Å². The van der Waals surface area contributed by atoms with Crippen molar-refractivity contribution in [3.63, 3.8) is 0 Å². The van der Waals surface area contributed by atoms with Crippen molar-refractivity contribution in [2.45, 2.75) is 18.0 Å². The molecule has 1 heterocycles. The number of nitrogens with zero attached hydrogens (tertiary/aromatic N) is 1. The van der Waals surface area contributed by atoms with E-state index in [1.807, 2.05) is 50.5 Å². The van der Waals surface area contributed by atoms with Gasteiger partial charge in [-0.3, -0.25) is 0 Å². The number of hydrogen-bond acceptors (Lipinski definition) is 4. The van der Waals surface area contributed by atoms with Gasteiger partial charge >= 0.3 is 0 Å². The number of halogens is 1. The van der Waals surface area contributed by atoms with Crippen LogP contribution in [0.5, 0.6) is 5.75 Å². The molecule has 1 unspecified atom stereocenters. The second-order valence-corrected chi connectivity index (χ2v) is 6.28. The van der Waals surface area contributed by atoms with E-state index >= 15 is 0 Å². The average Bonchev–Trinajstić information content (AvgIpc) is 2.51. The minimum absolute atomic E-state index is 0.214. The quantitative estimate of drug-likeness (QED) is 0.740. The molecule has 21 heavy (non-hydrogen) atoms. The van der Waals surface area contributed by atoms with Crippen LogP contribution in [0.25, 0.3) is 0 Å². The van der Waals surface area contributed by atoms with E-state index in [0.29, 0.717) is 6.61 Å². The maximum atomic E-state index is 5.72. The summed E-state index contributed by atoms with van der Waals surface area (Å²) in [5.41, 5.74) is 1.18. The zero-order chi connectivity index (χ0) is 15.1. The highest BCUT2D eigenvalue weighted by atomic mass is 79.9. The highest BCUT2D eigenvalue weighted by Crippen LogP contribution is 2.31. The fourth-order valence-corrected chi connectivity index (χ4v) is 3.63. The third-order valence-electron chi connectivity index (χ3n) is 3.05. The number of thioether (sulfide) groups is 1. The van der Waals surface area contributed by atoms with Gasteiger partial charge in [-0.15, -0.1) is 11.8 Å². The molecular formula is C16H19BrN2OS. The zero-order valence-corrected chi connectivity index (χ0v) is 14.6. The second-order valence-electron chi connectivity index (χ2n) is 4.41. The molecule has 5 heteroatoms. The van der Waals surface area contributed by atoms with Gasteiger partial charge in [-0.25, -0.2) is 4.98 Å². The molecule has 1 aromatic heterocycles. The van der Waals surface area contributed by atoms with E-state index in [-0.39, 0.29) is 6.04 Å². The van der Waals surface area contributed by atoms with Gasteiger partial charge in [0.05, 0.1) is 6.61 Å². The highest BCUT2D eigenvalue weighted by molar-refractivity contribution is 9.10. The summed E-state index contributed by atoms with van der Waals surface area (Å²) in [6.07, 6.45) is 1.82. The third-order valence-corrected chi connectivity index (χ3v) is 5.06. The monoisotopic (exact) mass is 366 g/mol. The Morgan fingerprint density at radius 1 is 1.29 bits per heavy atom. The summed E-state index contributed by atoms with van der Waals surface area (Å²) in [6.45, 7) is 2.68. The summed E-state index contributed by atoms with van der Waals surface area (Å²) in [7, 11) is 1.97. The van der Waals surface area contributed by atoms with Crippen LogP contribution >= 0.6 is 27.7 Å². The van der Waals surface area contributed by atoms with Gasteiger partial charge < -0.3 is 10.1 Å². The molecule has 0 aliphatic rings. The Bertz CT molecular complexity index is 580. The number of aromatic nitrogens is 1. The van der Waals surface area contributed by atoms with Gasteiger partial charge in [0.25, 0.3) is 0 Å². The molecule has 1 N–H and O–H groups in total. The third kappa shape index (κ3) is 4.46. The van der Waals surface area contributed by atoms with Crippen LogP contribution in [0.4, 0.5) is 0 Å². The zero-order valence-electron chi connectivity index (χ0n) is 12.2. The van der Waals surface area contributed by atoms with Crippen molar-refractivity contribution in [1.29, 1.82) is 0 Å². The molecule has 0 saturated heterocycles. The molecule has 3 nitrogen and oxygen atoms in total. The Kier molecular flexibility index (Phi) is 6.54. The standard InChI is InChI=1S/C16H19BrN2OS/c1-3-20-15-9-5-4-7-12(15)14(18-2)11-21-16-13(17)8-6-10-19-16/h4-10,14,18H,3,11H2,1-2H3. The summed E-state index contributed by atoms with van der Waals surface area (Å²) in [5.74, 6) is 1.83. The van der Waals surface area contributed by atoms with Crippen molar-refractivity contribution in [3.05, 3.63) is 52.6 Å². The van der Waals surface area contributed by atoms with Crippen LogP contribution in [-0.4, -0.2) is 24.4 Å². The summed E-state index contributed by atoms with van der Waals surface area (Å²) >= 11 is 5.26. The molecule has 0 bridgehead atoms. The molecule has 2 aromatic rings. The molecule has 2 rings (SSSR count). The number of para-hydroxylation sites is 1. The largest absolute Gasteiger partial charge is 0.494 e. The topological polar surface area (TPSA) is 34.1 Å². The number of ether oxygens (including phenoxy) is 1. The summed E-state index contributed by atoms with van der Waals surface area (Å²) in [6, 6.07) is 12.3. The Labute approximate surface area is 138 Å². The Morgan fingerprint density at radius 3 is 2.81 bits per heavy atom. The summed E-state index contributed by atoms with van der Waals surface area (Å²) in [4.78, 5) is 4.39. The lowest BCUT2D eigenvalue weighted by atomic mass is 10.1. The van der Waals surface area contributed by atoms with Crippen LogP contribution in [0.2, 0.25) is 0 Å². The van der Waals surface area contributed by atoms with Crippen molar-refractivity contribution in [2.75, 3.05) is 19.4 Å². The molecule has 0 fully saturated rings. The van der Waals surface area contributed by atoms with Crippen LogP contribution in [0.15, 0.2) is 52.1 Å². The van der Waals surface area contributed by atoms with Crippen LogP contribution in [0.1, 0.15) is 18.5 Å². The Balaban J connectivity index is 2.12. The van der Waals surface area contributed by atoms with E-state index in [2.05, 4.69) is 32.3 Å². The molecule has 1 aromatic carbocycles. The smallest absolute Gasteiger partial charge is 0.124 e. The normalized spacial score (nSPS) is 12.1. The first-order valence-electron chi connectivity index (χ1n) is 6.88. The minimum atomic E-state index is 0.214. The molecule has 0 radical (unpaired) electrons. The lowest BCUT2D eigenvalue weighted by molar-refractivity contribution is 0.333. The average molecular weight is 367 g/mol. The Hall–Kier alpha value is -1.04. The summed E-state index contributed by atoms with van der Waals surface area (Å²) < 4.78 is 6.75. The van der Waals surface area contributed by atoms with E-state index in [9.17, 15) is 0 Å². The van der Waals surface area contributed by atoms with Crippen molar-refractivity contribution in [3.8, 4) is 5.75 Å². The molecule has 0 saturated carbocycles. The number of rotatable bonds is 7. The van der Waals surface area contributed by atoms with Crippen LogP contribution in [0, 0.1) is 0 Å². The number of hydrogen-bond donors (Lipinski definition) is 1. The second kappa shape index (κ2) is 8.41. The summed E-state index contributed by atoms with van der Waals surface area (Å²) in [5, 5.41) is 4.37. The lowest BCUT2D eigenvalue weighted by Gasteiger charge is -2.19. The van der Waals surface area contributed by atoms with Gasteiger partial charge in [-0.2, -0.15) is 0 Å². The predicted octanol–water partition coefficient (Wildman–Crippen LogP) is 4.30. The number of pyridine rings is 1. The Morgan fingerprint density at radius 2 is 2.10 bits per heavy atom. The molecule has 112 valence electrons. The van der Waals surface area contributed by atoms with E-state index in [1.54, 1.807) is 11.8 Å². The van der Waals surface area contributed by atoms with Gasteiger partial charge in [0.15, 0.2) is 0 Å². The highest BCUT2D eigenvalue weighted by Gasteiger charge is 2.15. The number of benzene rings is 1.